The van der Waals surface area contributed by atoms with Crippen LogP contribution in [0, 0.1) is 13.8 Å². The Balaban J connectivity index is 1.32. The van der Waals surface area contributed by atoms with Gasteiger partial charge in [0.05, 0.1) is 17.0 Å². The Labute approximate surface area is 208 Å². The number of thioether (sulfide) groups is 1. The Morgan fingerprint density at radius 1 is 1.09 bits per heavy atom. The van der Waals surface area contributed by atoms with Gasteiger partial charge in [-0.15, -0.1) is 10.2 Å². The molecule has 1 heterocycles. The number of hydrogen-bond donors (Lipinski definition) is 3. The molecule has 1 saturated carbocycles. The summed E-state index contributed by atoms with van der Waals surface area (Å²) in [5, 5.41) is 14.5. The molecular weight excluding hydrogens is 464 g/mol. The fraction of sp³-hybridized carbons (Fsp3) is 0.360. The van der Waals surface area contributed by atoms with E-state index in [1.807, 2.05) is 32.0 Å². The molecule has 1 aliphatic carbocycles. The van der Waals surface area contributed by atoms with Gasteiger partial charge < -0.3 is 21.2 Å². The van der Waals surface area contributed by atoms with Crippen LogP contribution in [0.4, 0.5) is 5.69 Å². The van der Waals surface area contributed by atoms with Crippen LogP contribution in [0.25, 0.3) is 0 Å². The van der Waals surface area contributed by atoms with E-state index in [2.05, 4.69) is 20.8 Å². The maximum absolute atomic E-state index is 12.7. The van der Waals surface area contributed by atoms with Crippen LogP contribution in [-0.4, -0.2) is 38.5 Å². The van der Waals surface area contributed by atoms with Crippen molar-refractivity contribution in [1.82, 2.24) is 20.2 Å². The molecule has 0 bridgehead atoms. The number of carbonyl (C=O) groups is 2. The van der Waals surface area contributed by atoms with Crippen LogP contribution in [0.2, 0.25) is 0 Å². The van der Waals surface area contributed by atoms with E-state index >= 15 is 0 Å². The van der Waals surface area contributed by atoms with Crippen molar-refractivity contribution in [2.75, 3.05) is 16.9 Å². The average Bonchev–Trinajstić information content (AvgIpc) is 3.47. The standard InChI is InChI=1S/C25H30N6O3S/c1-16-8-7-9-17(2)23(16)34-14-21-29-30-25(31(21)26)35-15-22(32)28-20-13-6-5-12-19(20)24(33)27-18-10-3-4-11-18/h5-9,12-13,18H,3-4,10-11,14-15,26H2,1-2H3,(H,27,33)(H,28,32). The minimum Gasteiger partial charge on any atom is -0.485 e. The fourth-order valence-corrected chi connectivity index (χ4v) is 4.78. The quantitative estimate of drug-likeness (QED) is 0.307. The lowest BCUT2D eigenvalue weighted by Crippen LogP contribution is -2.33. The van der Waals surface area contributed by atoms with Gasteiger partial charge in [-0.2, -0.15) is 0 Å². The molecule has 9 nitrogen and oxygen atoms in total. The summed E-state index contributed by atoms with van der Waals surface area (Å²) in [5.74, 6) is 6.99. The lowest BCUT2D eigenvalue weighted by molar-refractivity contribution is -0.113. The van der Waals surface area contributed by atoms with E-state index in [-0.39, 0.29) is 30.2 Å². The molecule has 1 fully saturated rings. The third kappa shape index (κ3) is 6.13. The SMILES string of the molecule is Cc1cccc(C)c1OCc1nnc(SCC(=O)Nc2ccccc2C(=O)NC2CCCC2)n1N. The second kappa shape index (κ2) is 11.3. The minimum atomic E-state index is -0.271. The number of amides is 2. The molecule has 0 unspecified atom stereocenters. The summed E-state index contributed by atoms with van der Waals surface area (Å²) in [7, 11) is 0. The van der Waals surface area contributed by atoms with Gasteiger partial charge in [0.25, 0.3) is 5.91 Å². The molecule has 0 spiro atoms. The zero-order valence-corrected chi connectivity index (χ0v) is 20.7. The molecule has 0 atom stereocenters. The molecule has 3 aromatic rings. The molecule has 2 amide bonds. The summed E-state index contributed by atoms with van der Waals surface area (Å²) in [4.78, 5) is 25.3. The van der Waals surface area contributed by atoms with E-state index in [1.54, 1.807) is 24.3 Å². The Hall–Kier alpha value is -3.53. The first-order valence-corrected chi connectivity index (χ1v) is 12.6. The molecule has 4 N–H and O–H groups in total. The molecule has 10 heteroatoms. The first-order valence-electron chi connectivity index (χ1n) is 11.6. The van der Waals surface area contributed by atoms with Crippen molar-refractivity contribution >= 4 is 29.3 Å². The van der Waals surface area contributed by atoms with Gasteiger partial charge in [0, 0.05) is 6.04 Å². The van der Waals surface area contributed by atoms with Gasteiger partial charge in [0.15, 0.2) is 5.82 Å². The monoisotopic (exact) mass is 494 g/mol. The predicted octanol–water partition coefficient (Wildman–Crippen LogP) is 3.59. The lowest BCUT2D eigenvalue weighted by Gasteiger charge is -2.15. The van der Waals surface area contributed by atoms with Crippen molar-refractivity contribution in [3.05, 3.63) is 65.0 Å². The Morgan fingerprint density at radius 2 is 1.80 bits per heavy atom. The van der Waals surface area contributed by atoms with Gasteiger partial charge in [-0.25, -0.2) is 4.68 Å². The molecule has 4 rings (SSSR count). The highest BCUT2D eigenvalue weighted by Gasteiger charge is 2.20. The van der Waals surface area contributed by atoms with E-state index in [1.165, 1.54) is 4.68 Å². The van der Waals surface area contributed by atoms with Crippen molar-refractivity contribution in [3.8, 4) is 5.75 Å². The van der Waals surface area contributed by atoms with Gasteiger partial charge in [-0.1, -0.05) is 54.9 Å². The van der Waals surface area contributed by atoms with Gasteiger partial charge >= 0.3 is 0 Å². The number of carbonyl (C=O) groups excluding carboxylic acids is 2. The largest absolute Gasteiger partial charge is 0.485 e. The van der Waals surface area contributed by atoms with Gasteiger partial charge in [-0.05, 0) is 49.9 Å². The first kappa shape index (κ1) is 24.6. The number of benzene rings is 2. The van der Waals surface area contributed by atoms with Gasteiger partial charge in [-0.3, -0.25) is 9.59 Å². The predicted molar refractivity (Wildman–Crippen MR) is 136 cm³/mol. The zero-order chi connectivity index (χ0) is 24.8. The number of ether oxygens (including phenoxy) is 1. The average molecular weight is 495 g/mol. The van der Waals surface area contributed by atoms with Crippen LogP contribution in [0.5, 0.6) is 5.75 Å². The number of nitrogens with two attached hydrogens (primary N) is 1. The minimum absolute atomic E-state index is 0.0612. The zero-order valence-electron chi connectivity index (χ0n) is 19.9. The molecular formula is C25H30N6O3S. The summed E-state index contributed by atoms with van der Waals surface area (Å²) >= 11 is 1.16. The summed E-state index contributed by atoms with van der Waals surface area (Å²) in [6, 6.07) is 13.1. The van der Waals surface area contributed by atoms with E-state index in [9.17, 15) is 9.59 Å². The molecule has 0 radical (unpaired) electrons. The van der Waals surface area contributed by atoms with Crippen molar-refractivity contribution in [3.63, 3.8) is 0 Å². The number of rotatable bonds is 9. The smallest absolute Gasteiger partial charge is 0.253 e. The summed E-state index contributed by atoms with van der Waals surface area (Å²) in [6.07, 6.45) is 4.25. The summed E-state index contributed by atoms with van der Waals surface area (Å²) in [5.41, 5.74) is 2.98. The third-order valence-electron chi connectivity index (χ3n) is 5.96. The van der Waals surface area contributed by atoms with Crippen LogP contribution in [0.1, 0.15) is 53.0 Å². The Bertz CT molecular complexity index is 1190. The van der Waals surface area contributed by atoms with E-state index in [4.69, 9.17) is 10.6 Å². The molecule has 1 aromatic heterocycles. The van der Waals surface area contributed by atoms with Crippen molar-refractivity contribution in [1.29, 1.82) is 0 Å². The third-order valence-corrected chi connectivity index (χ3v) is 6.90. The van der Waals surface area contributed by atoms with Crippen molar-refractivity contribution < 1.29 is 14.3 Å². The number of hydrogen-bond acceptors (Lipinski definition) is 7. The van der Waals surface area contributed by atoms with E-state index in [0.717, 1.165) is 54.3 Å². The number of para-hydroxylation sites is 2. The molecule has 0 aliphatic heterocycles. The summed E-state index contributed by atoms with van der Waals surface area (Å²) in [6.45, 7) is 4.11. The highest BCUT2D eigenvalue weighted by atomic mass is 32.2. The fourth-order valence-electron chi connectivity index (χ4n) is 4.11. The van der Waals surface area contributed by atoms with E-state index < -0.39 is 0 Å². The first-order chi connectivity index (χ1) is 16.9. The number of nitrogens with one attached hydrogen (secondary N) is 2. The number of aromatic nitrogens is 3. The number of anilines is 1. The Kier molecular flexibility index (Phi) is 7.91. The number of nitrogens with zero attached hydrogens (tertiary/aromatic N) is 3. The molecule has 184 valence electrons. The maximum Gasteiger partial charge on any atom is 0.253 e. The van der Waals surface area contributed by atoms with Crippen LogP contribution in [0.3, 0.4) is 0 Å². The van der Waals surface area contributed by atoms with Crippen molar-refractivity contribution in [2.45, 2.75) is 57.3 Å². The topological polar surface area (TPSA) is 124 Å². The summed E-state index contributed by atoms with van der Waals surface area (Å²) < 4.78 is 7.23. The molecule has 2 aromatic carbocycles. The molecule has 35 heavy (non-hydrogen) atoms. The maximum atomic E-state index is 12.7. The van der Waals surface area contributed by atoms with Crippen LogP contribution < -0.4 is 21.2 Å². The molecule has 0 saturated heterocycles. The number of nitrogen functional groups attached to an aromatic ring is 1. The highest BCUT2D eigenvalue weighted by molar-refractivity contribution is 7.99. The second-order valence-corrected chi connectivity index (χ2v) is 9.56. The van der Waals surface area contributed by atoms with Crippen molar-refractivity contribution in [2.24, 2.45) is 0 Å². The Morgan fingerprint density at radius 3 is 2.54 bits per heavy atom. The normalized spacial score (nSPS) is 13.5. The molecule has 1 aliphatic rings. The van der Waals surface area contributed by atoms with Crippen LogP contribution in [0.15, 0.2) is 47.6 Å². The van der Waals surface area contributed by atoms with Gasteiger partial charge in [0.2, 0.25) is 11.1 Å². The lowest BCUT2D eigenvalue weighted by atomic mass is 10.1. The van der Waals surface area contributed by atoms with Gasteiger partial charge in [0.1, 0.15) is 12.4 Å². The van der Waals surface area contributed by atoms with Crippen LogP contribution >= 0.6 is 11.8 Å². The number of aryl methyl sites for hydroxylation is 2. The second-order valence-electron chi connectivity index (χ2n) is 8.62. The highest BCUT2D eigenvalue weighted by Crippen LogP contribution is 2.24. The van der Waals surface area contributed by atoms with Crippen LogP contribution in [-0.2, 0) is 11.4 Å². The van der Waals surface area contributed by atoms with E-state index in [0.29, 0.717) is 22.2 Å².